The largest absolute Gasteiger partial charge is 0.445 e. The van der Waals surface area contributed by atoms with Crippen LogP contribution < -0.4 is 4.90 Å². The number of hydrogen-bond donors (Lipinski definition) is 1. The van der Waals surface area contributed by atoms with Crippen LogP contribution in [0.25, 0.3) is 0 Å². The molecule has 0 saturated carbocycles. The molecular weight excluding hydrogens is 267 g/mol. The van der Waals surface area contributed by atoms with E-state index in [0.717, 1.165) is 12.8 Å². The van der Waals surface area contributed by atoms with Gasteiger partial charge in [0, 0.05) is 12.1 Å². The number of rotatable bonds is 1. The van der Waals surface area contributed by atoms with Crippen LogP contribution in [0, 0.1) is 0 Å². The highest BCUT2D eigenvalue weighted by molar-refractivity contribution is 7.15. The van der Waals surface area contributed by atoms with E-state index in [2.05, 4.69) is 10.2 Å². The highest BCUT2D eigenvalue weighted by Crippen LogP contribution is 2.42. The topological polar surface area (TPSA) is 49.2 Å². The van der Waals surface area contributed by atoms with Crippen molar-refractivity contribution >= 4 is 16.5 Å². The summed E-state index contributed by atoms with van der Waals surface area (Å²) < 4.78 is 37.5. The van der Waals surface area contributed by atoms with Crippen molar-refractivity contribution in [2.24, 2.45) is 0 Å². The lowest BCUT2D eigenvalue weighted by Crippen LogP contribution is -2.44. The number of aromatic nitrogens is 2. The normalized spacial score (nSPS) is 32.0. The number of anilines is 1. The molecule has 1 N–H and O–H groups in total. The van der Waals surface area contributed by atoms with Gasteiger partial charge in [-0.3, -0.25) is 0 Å². The monoisotopic (exact) mass is 279 g/mol. The van der Waals surface area contributed by atoms with Gasteiger partial charge >= 0.3 is 6.18 Å². The summed E-state index contributed by atoms with van der Waals surface area (Å²) in [6, 6.07) is 0.209. The third-order valence-corrected chi connectivity index (χ3v) is 4.57. The maximum Gasteiger partial charge on any atom is 0.445 e. The molecule has 1 aromatic rings. The van der Waals surface area contributed by atoms with Gasteiger partial charge in [0.15, 0.2) is 0 Å². The Balaban J connectivity index is 1.86. The van der Waals surface area contributed by atoms with Gasteiger partial charge in [-0.05, 0) is 25.7 Å². The third-order valence-electron chi connectivity index (χ3n) is 3.59. The molecule has 2 aliphatic rings. The number of nitrogens with zero attached hydrogens (tertiary/aromatic N) is 3. The number of piperidine rings is 1. The van der Waals surface area contributed by atoms with Crippen molar-refractivity contribution in [3.8, 4) is 0 Å². The molecule has 2 aliphatic heterocycles. The van der Waals surface area contributed by atoms with E-state index in [0.29, 0.717) is 29.3 Å². The summed E-state index contributed by atoms with van der Waals surface area (Å²) in [6.45, 7) is 0. The van der Waals surface area contributed by atoms with Crippen LogP contribution in [0.3, 0.4) is 0 Å². The first-order valence-electron chi connectivity index (χ1n) is 5.82. The van der Waals surface area contributed by atoms with Crippen molar-refractivity contribution in [1.29, 1.82) is 0 Å². The van der Waals surface area contributed by atoms with Crippen LogP contribution in [-0.4, -0.2) is 33.5 Å². The predicted octanol–water partition coefficient (Wildman–Crippen LogP) is 2.05. The van der Waals surface area contributed by atoms with Gasteiger partial charge in [0.05, 0.1) is 6.10 Å². The molecule has 8 heteroatoms. The van der Waals surface area contributed by atoms with E-state index in [9.17, 15) is 18.3 Å². The minimum absolute atomic E-state index is 0.104. The summed E-state index contributed by atoms with van der Waals surface area (Å²) in [7, 11) is 0. The second-order valence-corrected chi connectivity index (χ2v) is 5.76. The SMILES string of the molecule is OC1CC2CCC(C1)N2c1nnc(C(F)(F)F)s1. The Morgan fingerprint density at radius 3 is 2.28 bits per heavy atom. The van der Waals surface area contributed by atoms with Gasteiger partial charge in [-0.2, -0.15) is 13.2 Å². The third kappa shape index (κ3) is 1.97. The Bertz CT molecular complexity index is 436. The zero-order chi connectivity index (χ0) is 12.9. The number of fused-ring (bicyclic) bond motifs is 2. The van der Waals surface area contributed by atoms with Gasteiger partial charge in [-0.15, -0.1) is 10.2 Å². The van der Waals surface area contributed by atoms with Crippen LogP contribution in [0.5, 0.6) is 0 Å². The van der Waals surface area contributed by atoms with Gasteiger partial charge in [0.2, 0.25) is 10.1 Å². The van der Waals surface area contributed by atoms with Crippen molar-refractivity contribution in [3.63, 3.8) is 0 Å². The fourth-order valence-corrected chi connectivity index (χ4v) is 3.75. The number of halogens is 3. The molecule has 1 aromatic heterocycles. The molecule has 0 aliphatic carbocycles. The molecule has 3 heterocycles. The van der Waals surface area contributed by atoms with Crippen LogP contribution >= 0.6 is 11.3 Å². The Hall–Kier alpha value is -0.890. The molecule has 0 amide bonds. The fraction of sp³-hybridized carbons (Fsp3) is 0.800. The average Bonchev–Trinajstić information content (AvgIpc) is 2.81. The Morgan fingerprint density at radius 1 is 1.17 bits per heavy atom. The van der Waals surface area contributed by atoms with Crippen molar-refractivity contribution in [2.45, 2.75) is 50.0 Å². The van der Waals surface area contributed by atoms with Crippen molar-refractivity contribution < 1.29 is 18.3 Å². The van der Waals surface area contributed by atoms with Crippen LogP contribution in [-0.2, 0) is 6.18 Å². The van der Waals surface area contributed by atoms with Crippen molar-refractivity contribution in [2.75, 3.05) is 4.90 Å². The van der Waals surface area contributed by atoms with E-state index in [-0.39, 0.29) is 18.2 Å². The molecule has 2 saturated heterocycles. The van der Waals surface area contributed by atoms with Crippen molar-refractivity contribution in [3.05, 3.63) is 5.01 Å². The molecule has 0 radical (unpaired) electrons. The second-order valence-electron chi connectivity index (χ2n) is 4.81. The van der Waals surface area contributed by atoms with E-state index in [4.69, 9.17) is 0 Å². The van der Waals surface area contributed by atoms with Gasteiger partial charge in [0.25, 0.3) is 0 Å². The smallest absolute Gasteiger partial charge is 0.393 e. The quantitative estimate of drug-likeness (QED) is 0.854. The highest BCUT2D eigenvalue weighted by atomic mass is 32.1. The highest BCUT2D eigenvalue weighted by Gasteiger charge is 2.43. The summed E-state index contributed by atoms with van der Waals surface area (Å²) in [4.78, 5) is 1.92. The van der Waals surface area contributed by atoms with Gasteiger partial charge in [0.1, 0.15) is 0 Å². The molecule has 2 unspecified atom stereocenters. The molecule has 2 fully saturated rings. The van der Waals surface area contributed by atoms with Crippen LogP contribution in [0.1, 0.15) is 30.7 Å². The van der Waals surface area contributed by atoms with Crippen LogP contribution in [0.15, 0.2) is 0 Å². The minimum Gasteiger partial charge on any atom is -0.393 e. The van der Waals surface area contributed by atoms with Gasteiger partial charge in [-0.1, -0.05) is 11.3 Å². The summed E-state index contributed by atoms with van der Waals surface area (Å²) >= 11 is 0.592. The molecule has 2 atom stereocenters. The minimum atomic E-state index is -4.43. The lowest BCUT2D eigenvalue weighted by atomic mass is 10.0. The molecule has 18 heavy (non-hydrogen) atoms. The van der Waals surface area contributed by atoms with Gasteiger partial charge in [-0.25, -0.2) is 0 Å². The maximum atomic E-state index is 12.5. The molecular formula is C10H12F3N3OS. The Morgan fingerprint density at radius 2 is 1.78 bits per heavy atom. The predicted molar refractivity (Wildman–Crippen MR) is 59.4 cm³/mol. The number of aliphatic hydroxyl groups excluding tert-OH is 1. The second kappa shape index (κ2) is 4.06. The molecule has 100 valence electrons. The van der Waals surface area contributed by atoms with Crippen molar-refractivity contribution in [1.82, 2.24) is 10.2 Å². The van der Waals surface area contributed by atoms with E-state index in [1.54, 1.807) is 0 Å². The van der Waals surface area contributed by atoms with E-state index in [1.165, 1.54) is 0 Å². The summed E-state index contributed by atoms with van der Waals surface area (Å²) in [5, 5.41) is 16.0. The molecule has 0 aromatic carbocycles. The molecule has 2 bridgehead atoms. The first-order valence-corrected chi connectivity index (χ1v) is 6.64. The number of aliphatic hydroxyl groups is 1. The lowest BCUT2D eigenvalue weighted by Gasteiger charge is -2.36. The Labute approximate surface area is 105 Å². The van der Waals surface area contributed by atoms with E-state index < -0.39 is 11.2 Å². The zero-order valence-corrected chi connectivity index (χ0v) is 10.2. The number of alkyl halides is 3. The van der Waals surface area contributed by atoms with E-state index >= 15 is 0 Å². The summed E-state index contributed by atoms with van der Waals surface area (Å²) in [5.74, 6) is 0. The lowest BCUT2D eigenvalue weighted by molar-refractivity contribution is -0.138. The molecule has 3 rings (SSSR count). The molecule has 4 nitrogen and oxygen atoms in total. The fourth-order valence-electron chi connectivity index (χ4n) is 2.90. The van der Waals surface area contributed by atoms with Gasteiger partial charge < -0.3 is 10.0 Å². The standard InChI is InChI=1S/C10H12F3N3OS/c11-10(12,13)8-14-15-9(18-8)16-5-1-2-6(16)4-7(17)3-5/h5-7,17H,1-4H2. The first-order chi connectivity index (χ1) is 8.45. The van der Waals surface area contributed by atoms with E-state index in [1.807, 2.05) is 4.90 Å². The zero-order valence-electron chi connectivity index (χ0n) is 9.39. The van der Waals surface area contributed by atoms with Crippen LogP contribution in [0.4, 0.5) is 18.3 Å². The maximum absolute atomic E-state index is 12.5. The summed E-state index contributed by atoms with van der Waals surface area (Å²) in [6.07, 6.45) is -1.74. The Kier molecular flexibility index (Phi) is 2.74. The van der Waals surface area contributed by atoms with Crippen LogP contribution in [0.2, 0.25) is 0 Å². The first kappa shape index (κ1) is 12.2. The number of hydrogen-bond acceptors (Lipinski definition) is 5. The molecule has 0 spiro atoms. The summed E-state index contributed by atoms with van der Waals surface area (Å²) in [5.41, 5.74) is 0. The average molecular weight is 279 g/mol.